The quantitative estimate of drug-likeness (QED) is 0.585. The highest BCUT2D eigenvalue weighted by Gasteiger charge is 2.37. The minimum absolute atomic E-state index is 0.290. The first-order valence-electron chi connectivity index (χ1n) is 3.09. The van der Waals surface area contributed by atoms with Crippen LogP contribution in [0.15, 0.2) is 0 Å². The Labute approximate surface area is 54.1 Å². The predicted octanol–water partition coefficient (Wildman–Crippen LogP) is 1.05. The molecular weight excluding hydrogens is 118 g/mol. The molecule has 0 bridgehead atoms. The van der Waals surface area contributed by atoms with E-state index in [-0.39, 0.29) is 0 Å². The molecule has 9 heavy (non-hydrogen) atoms. The molecule has 1 saturated carbocycles. The van der Waals surface area contributed by atoms with Crippen molar-refractivity contribution in [3.63, 3.8) is 0 Å². The van der Waals surface area contributed by atoms with Gasteiger partial charge in [-0.2, -0.15) is 0 Å². The monoisotopic (exact) mass is 129 g/mol. The fraction of sp³-hybridized carbons (Fsp3) is 0.833. The van der Waals surface area contributed by atoms with E-state index < -0.39 is 6.09 Å². The molecule has 0 heterocycles. The van der Waals surface area contributed by atoms with Crippen LogP contribution in [0.25, 0.3) is 0 Å². The molecule has 0 atom stereocenters. The maximum atomic E-state index is 9.96. The Balaban J connectivity index is 2.12. The number of carboxylic acid groups (broad SMARTS) is 1. The lowest BCUT2D eigenvalue weighted by Gasteiger charge is -2.05. The van der Waals surface area contributed by atoms with E-state index >= 15 is 0 Å². The van der Waals surface area contributed by atoms with Gasteiger partial charge in [-0.15, -0.1) is 0 Å². The number of rotatable bonds is 2. The molecule has 52 valence electrons. The van der Waals surface area contributed by atoms with Crippen molar-refractivity contribution in [2.45, 2.75) is 19.8 Å². The summed E-state index contributed by atoms with van der Waals surface area (Å²) in [6.07, 6.45) is 1.41. The molecule has 0 unspecified atom stereocenters. The molecule has 0 aromatic rings. The van der Waals surface area contributed by atoms with Gasteiger partial charge in [0, 0.05) is 6.54 Å². The van der Waals surface area contributed by atoms with Gasteiger partial charge in [-0.25, -0.2) is 4.79 Å². The highest BCUT2D eigenvalue weighted by molar-refractivity contribution is 5.64. The third-order valence-corrected chi connectivity index (χ3v) is 1.77. The Kier molecular flexibility index (Phi) is 1.35. The first-order chi connectivity index (χ1) is 4.12. The fourth-order valence-corrected chi connectivity index (χ4v) is 0.679. The zero-order chi connectivity index (χ0) is 6.91. The molecule has 0 radical (unpaired) electrons. The van der Waals surface area contributed by atoms with Crippen LogP contribution in [0.3, 0.4) is 0 Å². The van der Waals surface area contributed by atoms with Crippen molar-refractivity contribution in [3.05, 3.63) is 0 Å². The summed E-state index contributed by atoms with van der Waals surface area (Å²) in [5, 5.41) is 10.6. The Hall–Kier alpha value is -0.730. The van der Waals surface area contributed by atoms with Gasteiger partial charge < -0.3 is 10.4 Å². The summed E-state index contributed by atoms with van der Waals surface area (Å²) in [4.78, 5) is 9.96. The average Bonchev–Trinajstić information content (AvgIpc) is 2.45. The van der Waals surface area contributed by atoms with E-state index in [2.05, 4.69) is 12.2 Å². The van der Waals surface area contributed by atoms with Gasteiger partial charge in [0.1, 0.15) is 0 Å². The van der Waals surface area contributed by atoms with Crippen LogP contribution in [-0.2, 0) is 0 Å². The van der Waals surface area contributed by atoms with Crippen LogP contribution in [0.5, 0.6) is 0 Å². The number of nitrogens with one attached hydrogen (secondary N) is 1. The van der Waals surface area contributed by atoms with E-state index in [4.69, 9.17) is 5.11 Å². The molecule has 1 amide bonds. The smallest absolute Gasteiger partial charge is 0.404 e. The van der Waals surface area contributed by atoms with Crippen LogP contribution in [0.1, 0.15) is 19.8 Å². The van der Waals surface area contributed by atoms with Crippen molar-refractivity contribution < 1.29 is 9.90 Å². The number of hydrogen-bond acceptors (Lipinski definition) is 1. The Morgan fingerprint density at radius 3 is 2.67 bits per heavy atom. The number of amides is 1. The third-order valence-electron chi connectivity index (χ3n) is 1.77. The molecule has 1 rings (SSSR count). The average molecular weight is 129 g/mol. The van der Waals surface area contributed by atoms with Gasteiger partial charge in [0.05, 0.1) is 0 Å². The Morgan fingerprint density at radius 1 is 1.78 bits per heavy atom. The zero-order valence-corrected chi connectivity index (χ0v) is 5.48. The minimum Gasteiger partial charge on any atom is -0.465 e. The normalized spacial score (nSPS) is 21.0. The van der Waals surface area contributed by atoms with Crippen molar-refractivity contribution in [1.82, 2.24) is 5.32 Å². The van der Waals surface area contributed by atoms with Gasteiger partial charge in [0.25, 0.3) is 0 Å². The third kappa shape index (κ3) is 1.91. The molecule has 0 aromatic heterocycles. The lowest BCUT2D eigenvalue weighted by molar-refractivity contribution is 0.192. The fourth-order valence-electron chi connectivity index (χ4n) is 0.679. The highest BCUT2D eigenvalue weighted by Crippen LogP contribution is 2.43. The first-order valence-corrected chi connectivity index (χ1v) is 3.09. The molecule has 0 aliphatic heterocycles. The standard InChI is InChI=1S/C6H11NO2/c1-6(2-3-6)4-7-5(8)9/h7H,2-4H2,1H3,(H,8,9). The minimum atomic E-state index is -0.914. The molecular formula is C6H11NO2. The SMILES string of the molecule is CC1(CNC(=O)O)CC1. The van der Waals surface area contributed by atoms with E-state index in [1.807, 2.05) is 0 Å². The summed E-state index contributed by atoms with van der Waals surface area (Å²) in [5.74, 6) is 0. The van der Waals surface area contributed by atoms with E-state index in [9.17, 15) is 4.79 Å². The number of carbonyl (C=O) groups is 1. The van der Waals surface area contributed by atoms with Crippen LogP contribution in [0, 0.1) is 5.41 Å². The van der Waals surface area contributed by atoms with Gasteiger partial charge in [-0.1, -0.05) is 6.92 Å². The van der Waals surface area contributed by atoms with Gasteiger partial charge in [-0.05, 0) is 18.3 Å². The van der Waals surface area contributed by atoms with E-state index in [0.29, 0.717) is 12.0 Å². The lowest BCUT2D eigenvalue weighted by atomic mass is 10.1. The van der Waals surface area contributed by atoms with Gasteiger partial charge in [0.15, 0.2) is 0 Å². The second-order valence-electron chi connectivity index (χ2n) is 2.97. The molecule has 1 fully saturated rings. The molecule has 1 aliphatic carbocycles. The molecule has 0 aromatic carbocycles. The Bertz CT molecular complexity index is 129. The second kappa shape index (κ2) is 1.90. The van der Waals surface area contributed by atoms with Crippen molar-refractivity contribution in [1.29, 1.82) is 0 Å². The topological polar surface area (TPSA) is 49.3 Å². The molecule has 3 heteroatoms. The molecule has 0 saturated heterocycles. The predicted molar refractivity (Wildman–Crippen MR) is 33.4 cm³/mol. The summed E-state index contributed by atoms with van der Waals surface area (Å²) in [6.45, 7) is 2.70. The molecule has 0 spiro atoms. The zero-order valence-electron chi connectivity index (χ0n) is 5.48. The molecule has 2 N–H and O–H groups in total. The van der Waals surface area contributed by atoms with Crippen LogP contribution in [0.4, 0.5) is 4.79 Å². The van der Waals surface area contributed by atoms with Crippen molar-refractivity contribution >= 4 is 6.09 Å². The molecule has 3 nitrogen and oxygen atoms in total. The summed E-state index contributed by atoms with van der Waals surface area (Å²) in [5.41, 5.74) is 0.290. The molecule has 1 aliphatic rings. The lowest BCUT2D eigenvalue weighted by Crippen LogP contribution is -2.26. The largest absolute Gasteiger partial charge is 0.465 e. The maximum absolute atomic E-state index is 9.96. The van der Waals surface area contributed by atoms with Gasteiger partial charge in [-0.3, -0.25) is 0 Å². The van der Waals surface area contributed by atoms with Gasteiger partial charge >= 0.3 is 6.09 Å². The van der Waals surface area contributed by atoms with Crippen molar-refractivity contribution in [3.8, 4) is 0 Å². The van der Waals surface area contributed by atoms with Gasteiger partial charge in [0.2, 0.25) is 0 Å². The van der Waals surface area contributed by atoms with Crippen molar-refractivity contribution in [2.75, 3.05) is 6.54 Å². The highest BCUT2D eigenvalue weighted by atomic mass is 16.4. The summed E-state index contributed by atoms with van der Waals surface area (Å²) < 4.78 is 0. The van der Waals surface area contributed by atoms with Crippen LogP contribution in [-0.4, -0.2) is 17.7 Å². The van der Waals surface area contributed by atoms with Crippen LogP contribution in [0.2, 0.25) is 0 Å². The first kappa shape index (κ1) is 6.39. The number of hydrogen-bond donors (Lipinski definition) is 2. The van der Waals surface area contributed by atoms with Crippen LogP contribution >= 0.6 is 0 Å². The second-order valence-corrected chi connectivity index (χ2v) is 2.97. The van der Waals surface area contributed by atoms with E-state index in [1.54, 1.807) is 0 Å². The van der Waals surface area contributed by atoms with Crippen LogP contribution < -0.4 is 5.32 Å². The van der Waals surface area contributed by atoms with E-state index in [0.717, 1.165) is 12.8 Å². The Morgan fingerprint density at radius 2 is 2.33 bits per heavy atom. The maximum Gasteiger partial charge on any atom is 0.404 e. The summed E-state index contributed by atoms with van der Waals surface area (Å²) in [7, 11) is 0. The summed E-state index contributed by atoms with van der Waals surface area (Å²) in [6, 6.07) is 0. The summed E-state index contributed by atoms with van der Waals surface area (Å²) >= 11 is 0. The van der Waals surface area contributed by atoms with Crippen molar-refractivity contribution in [2.24, 2.45) is 5.41 Å². The van der Waals surface area contributed by atoms with E-state index in [1.165, 1.54) is 0 Å².